The third-order valence-corrected chi connectivity index (χ3v) is 4.80. The second-order valence-electron chi connectivity index (χ2n) is 7.42. The van der Waals surface area contributed by atoms with E-state index >= 15 is 0 Å². The number of amides is 1. The van der Waals surface area contributed by atoms with Crippen molar-refractivity contribution in [1.29, 1.82) is 0 Å². The Balaban J connectivity index is 1.57. The van der Waals surface area contributed by atoms with Crippen molar-refractivity contribution in [3.8, 4) is 0 Å². The van der Waals surface area contributed by atoms with Crippen LogP contribution in [-0.4, -0.2) is 20.9 Å². The molecule has 0 unspecified atom stereocenters. The molecule has 0 atom stereocenters. The predicted octanol–water partition coefficient (Wildman–Crippen LogP) is 5.45. The molecule has 30 heavy (non-hydrogen) atoms. The van der Waals surface area contributed by atoms with Crippen molar-refractivity contribution in [2.24, 2.45) is 0 Å². The summed E-state index contributed by atoms with van der Waals surface area (Å²) >= 11 is 0. The van der Waals surface area contributed by atoms with E-state index in [1.807, 2.05) is 42.5 Å². The Hall–Kier alpha value is -3.80. The lowest BCUT2D eigenvalue weighted by atomic mass is 10.0. The fraction of sp³-hybridized carbons (Fsp3) is 0.167. The number of aryl methyl sites for hydroxylation is 1. The summed E-state index contributed by atoms with van der Waals surface area (Å²) in [4.78, 5) is 26.0. The van der Waals surface area contributed by atoms with Gasteiger partial charge in [0.2, 0.25) is 0 Å². The lowest BCUT2D eigenvalue weighted by Gasteiger charge is -2.11. The third kappa shape index (κ3) is 4.27. The van der Waals surface area contributed by atoms with Gasteiger partial charge in [0.25, 0.3) is 5.91 Å². The molecule has 6 nitrogen and oxygen atoms in total. The fourth-order valence-electron chi connectivity index (χ4n) is 3.24. The predicted molar refractivity (Wildman–Crippen MR) is 120 cm³/mol. The second-order valence-corrected chi connectivity index (χ2v) is 7.42. The number of carbonyl (C=O) groups excluding carboxylic acids is 1. The molecular weight excluding hydrogens is 374 g/mol. The number of aromatic nitrogens is 3. The topological polar surface area (TPSA) is 79.8 Å². The standard InChI is InChI=1S/C24H23N5O/c1-15(2)17-9-11-19(12-10-17)28-22-14-21(26-16(3)27-22)24(30)29-20-8-4-6-18-7-5-13-25-23(18)20/h4-15H,1-3H3,(H,29,30)(H,26,27,28). The van der Waals surface area contributed by atoms with Crippen molar-refractivity contribution in [3.63, 3.8) is 0 Å². The van der Waals surface area contributed by atoms with Crippen LogP contribution in [0.4, 0.5) is 17.2 Å². The van der Waals surface area contributed by atoms with Gasteiger partial charge in [-0.3, -0.25) is 9.78 Å². The Bertz CT molecular complexity index is 1200. The van der Waals surface area contributed by atoms with Crippen LogP contribution in [0.3, 0.4) is 0 Å². The lowest BCUT2D eigenvalue weighted by molar-refractivity contribution is 0.102. The maximum absolute atomic E-state index is 12.9. The number of hydrogen-bond acceptors (Lipinski definition) is 5. The van der Waals surface area contributed by atoms with E-state index in [1.165, 1.54) is 5.56 Å². The Labute approximate surface area is 175 Å². The molecule has 2 aromatic heterocycles. The molecule has 0 aliphatic carbocycles. The van der Waals surface area contributed by atoms with Crippen molar-refractivity contribution in [3.05, 3.63) is 83.9 Å². The van der Waals surface area contributed by atoms with E-state index in [4.69, 9.17) is 0 Å². The highest BCUT2D eigenvalue weighted by atomic mass is 16.1. The molecule has 4 aromatic rings. The summed E-state index contributed by atoms with van der Waals surface area (Å²) in [5, 5.41) is 7.14. The minimum atomic E-state index is -0.308. The number of para-hydroxylation sites is 1. The molecule has 150 valence electrons. The van der Waals surface area contributed by atoms with Gasteiger partial charge in [-0.2, -0.15) is 0 Å². The molecule has 0 saturated carbocycles. The molecule has 2 heterocycles. The number of anilines is 3. The molecule has 0 spiro atoms. The van der Waals surface area contributed by atoms with Gasteiger partial charge < -0.3 is 10.6 Å². The van der Waals surface area contributed by atoms with Gasteiger partial charge in [-0.15, -0.1) is 0 Å². The normalized spacial score (nSPS) is 10.9. The fourth-order valence-corrected chi connectivity index (χ4v) is 3.24. The summed E-state index contributed by atoms with van der Waals surface area (Å²) in [7, 11) is 0. The zero-order valence-corrected chi connectivity index (χ0v) is 17.2. The Morgan fingerprint density at radius 3 is 2.50 bits per heavy atom. The van der Waals surface area contributed by atoms with Crippen LogP contribution in [0, 0.1) is 6.92 Å². The number of rotatable bonds is 5. The average molecular weight is 397 g/mol. The first-order valence-corrected chi connectivity index (χ1v) is 9.87. The first-order chi connectivity index (χ1) is 14.5. The molecule has 2 aromatic carbocycles. The van der Waals surface area contributed by atoms with Crippen LogP contribution in [-0.2, 0) is 0 Å². The molecule has 0 aliphatic heterocycles. The van der Waals surface area contributed by atoms with E-state index < -0.39 is 0 Å². The maximum Gasteiger partial charge on any atom is 0.274 e. The summed E-state index contributed by atoms with van der Waals surface area (Å²) in [6.45, 7) is 6.09. The van der Waals surface area contributed by atoms with Crippen LogP contribution < -0.4 is 10.6 Å². The Morgan fingerprint density at radius 2 is 1.73 bits per heavy atom. The molecule has 0 radical (unpaired) electrons. The largest absolute Gasteiger partial charge is 0.340 e. The van der Waals surface area contributed by atoms with Crippen LogP contribution in [0.2, 0.25) is 0 Å². The van der Waals surface area contributed by atoms with Crippen LogP contribution in [0.15, 0.2) is 66.9 Å². The van der Waals surface area contributed by atoms with Crippen molar-refractivity contribution in [1.82, 2.24) is 15.0 Å². The van der Waals surface area contributed by atoms with Crippen LogP contribution in [0.5, 0.6) is 0 Å². The second kappa shape index (κ2) is 8.29. The molecule has 0 fully saturated rings. The van der Waals surface area contributed by atoms with E-state index in [2.05, 4.69) is 51.6 Å². The first-order valence-electron chi connectivity index (χ1n) is 9.87. The van der Waals surface area contributed by atoms with E-state index in [-0.39, 0.29) is 11.6 Å². The summed E-state index contributed by atoms with van der Waals surface area (Å²) in [6, 6.07) is 19.3. The van der Waals surface area contributed by atoms with Crippen molar-refractivity contribution in [2.45, 2.75) is 26.7 Å². The number of nitrogens with one attached hydrogen (secondary N) is 2. The zero-order chi connectivity index (χ0) is 21.1. The third-order valence-electron chi connectivity index (χ3n) is 4.80. The highest BCUT2D eigenvalue weighted by Crippen LogP contribution is 2.23. The lowest BCUT2D eigenvalue weighted by Crippen LogP contribution is -2.15. The van der Waals surface area contributed by atoms with Gasteiger partial charge in [-0.25, -0.2) is 9.97 Å². The molecule has 6 heteroatoms. The Morgan fingerprint density at radius 1 is 0.967 bits per heavy atom. The number of carbonyl (C=O) groups is 1. The number of pyridine rings is 1. The van der Waals surface area contributed by atoms with E-state index in [0.717, 1.165) is 16.6 Å². The summed E-state index contributed by atoms with van der Waals surface area (Å²) in [5.74, 6) is 1.25. The number of benzene rings is 2. The highest BCUT2D eigenvalue weighted by Gasteiger charge is 2.13. The summed E-state index contributed by atoms with van der Waals surface area (Å²) in [5.41, 5.74) is 3.85. The number of hydrogen-bond donors (Lipinski definition) is 2. The quantitative estimate of drug-likeness (QED) is 0.468. The van der Waals surface area contributed by atoms with Crippen LogP contribution in [0.25, 0.3) is 10.9 Å². The maximum atomic E-state index is 12.9. The molecular formula is C24H23N5O. The highest BCUT2D eigenvalue weighted by molar-refractivity contribution is 6.07. The minimum Gasteiger partial charge on any atom is -0.340 e. The van der Waals surface area contributed by atoms with Gasteiger partial charge in [-0.05, 0) is 42.7 Å². The van der Waals surface area contributed by atoms with E-state index in [1.54, 1.807) is 19.2 Å². The van der Waals surface area contributed by atoms with Crippen LogP contribution in [0.1, 0.15) is 41.6 Å². The summed E-state index contributed by atoms with van der Waals surface area (Å²) < 4.78 is 0. The SMILES string of the molecule is Cc1nc(Nc2ccc(C(C)C)cc2)cc(C(=O)Nc2cccc3cccnc23)n1. The molecule has 1 amide bonds. The smallest absolute Gasteiger partial charge is 0.274 e. The zero-order valence-electron chi connectivity index (χ0n) is 17.2. The van der Waals surface area contributed by atoms with Crippen molar-refractivity contribution >= 4 is 34.0 Å². The first kappa shape index (κ1) is 19.5. The van der Waals surface area contributed by atoms with E-state index in [9.17, 15) is 4.79 Å². The van der Waals surface area contributed by atoms with Crippen molar-refractivity contribution < 1.29 is 4.79 Å². The van der Waals surface area contributed by atoms with Crippen LogP contribution >= 0.6 is 0 Å². The molecule has 0 aliphatic rings. The molecule has 0 bridgehead atoms. The Kier molecular flexibility index (Phi) is 5.39. The van der Waals surface area contributed by atoms with Gasteiger partial charge in [0, 0.05) is 23.3 Å². The number of fused-ring (bicyclic) bond motifs is 1. The molecule has 0 saturated heterocycles. The minimum absolute atomic E-state index is 0.289. The van der Waals surface area contributed by atoms with Gasteiger partial charge >= 0.3 is 0 Å². The van der Waals surface area contributed by atoms with E-state index in [0.29, 0.717) is 23.2 Å². The summed E-state index contributed by atoms with van der Waals surface area (Å²) in [6.07, 6.45) is 1.71. The van der Waals surface area contributed by atoms with Gasteiger partial charge in [0.05, 0.1) is 11.2 Å². The van der Waals surface area contributed by atoms with Crippen molar-refractivity contribution in [2.75, 3.05) is 10.6 Å². The molecule has 4 rings (SSSR count). The average Bonchev–Trinajstić information content (AvgIpc) is 2.74. The molecule has 2 N–H and O–H groups in total. The van der Waals surface area contributed by atoms with Gasteiger partial charge in [-0.1, -0.05) is 44.2 Å². The van der Waals surface area contributed by atoms with Gasteiger partial charge in [0.1, 0.15) is 17.3 Å². The van der Waals surface area contributed by atoms with Gasteiger partial charge in [0.15, 0.2) is 0 Å². The number of nitrogens with zero attached hydrogens (tertiary/aromatic N) is 3. The monoisotopic (exact) mass is 397 g/mol.